The summed E-state index contributed by atoms with van der Waals surface area (Å²) in [6, 6.07) is 0. The molecule has 2 heterocycles. The Bertz CT molecular complexity index is 409. The number of hydrogen-bond acceptors (Lipinski definition) is 3. The van der Waals surface area contributed by atoms with Gasteiger partial charge in [0.15, 0.2) is 6.39 Å². The van der Waals surface area contributed by atoms with Crippen LogP contribution in [0.1, 0.15) is 45.1 Å². The highest BCUT2D eigenvalue weighted by Gasteiger charge is 2.33. The van der Waals surface area contributed by atoms with Gasteiger partial charge in [0, 0.05) is 18.4 Å². The summed E-state index contributed by atoms with van der Waals surface area (Å²) >= 11 is 0. The first kappa shape index (κ1) is 12.1. The van der Waals surface area contributed by atoms with E-state index in [9.17, 15) is 4.79 Å². The predicted molar refractivity (Wildman–Crippen MR) is 64.3 cm³/mol. The summed E-state index contributed by atoms with van der Waals surface area (Å²) in [5.74, 6) is 1.16. The molecule has 0 aliphatic carbocycles. The quantitative estimate of drug-likeness (QED) is 0.809. The fourth-order valence-corrected chi connectivity index (χ4v) is 2.46. The van der Waals surface area contributed by atoms with Gasteiger partial charge < -0.3 is 9.32 Å². The van der Waals surface area contributed by atoms with Crippen LogP contribution in [0, 0.1) is 5.41 Å². The van der Waals surface area contributed by atoms with Crippen LogP contribution in [0.25, 0.3) is 0 Å². The molecule has 4 nitrogen and oxygen atoms in total. The summed E-state index contributed by atoms with van der Waals surface area (Å²) in [5, 5.41) is 0. The van der Waals surface area contributed by atoms with Gasteiger partial charge in [0.05, 0.1) is 6.54 Å². The normalized spacial score (nSPS) is 15.8. The van der Waals surface area contributed by atoms with Crippen molar-refractivity contribution in [1.82, 2.24) is 9.88 Å². The molecular formula is C13H20N2O2. The van der Waals surface area contributed by atoms with E-state index in [1.165, 1.54) is 6.39 Å². The van der Waals surface area contributed by atoms with Gasteiger partial charge in [0.2, 0.25) is 5.91 Å². The van der Waals surface area contributed by atoms with Crippen LogP contribution in [0.3, 0.4) is 0 Å². The Morgan fingerprint density at radius 3 is 3.06 bits per heavy atom. The first-order chi connectivity index (χ1) is 8.04. The van der Waals surface area contributed by atoms with Gasteiger partial charge in [-0.3, -0.25) is 4.79 Å². The molecule has 1 aromatic rings. The Kier molecular flexibility index (Phi) is 3.22. The molecule has 1 amide bonds. The van der Waals surface area contributed by atoms with Crippen molar-refractivity contribution in [2.45, 2.75) is 46.6 Å². The number of rotatable bonds is 3. The first-order valence-corrected chi connectivity index (χ1v) is 6.25. The van der Waals surface area contributed by atoms with E-state index in [4.69, 9.17) is 4.42 Å². The number of carbonyl (C=O) groups excluding carboxylic acids is 1. The lowest BCUT2D eigenvalue weighted by Crippen LogP contribution is -2.43. The van der Waals surface area contributed by atoms with Crippen LogP contribution in [0.2, 0.25) is 0 Å². The summed E-state index contributed by atoms with van der Waals surface area (Å²) < 4.78 is 5.27. The van der Waals surface area contributed by atoms with Gasteiger partial charge in [-0.1, -0.05) is 27.2 Å². The summed E-state index contributed by atoms with van der Waals surface area (Å²) in [6.07, 6.45) is 4.20. The molecule has 0 N–H and O–H groups in total. The van der Waals surface area contributed by atoms with Crippen molar-refractivity contribution < 1.29 is 9.21 Å². The summed E-state index contributed by atoms with van der Waals surface area (Å²) in [6.45, 7) is 7.50. The fraction of sp³-hybridized carbons (Fsp3) is 0.692. The molecule has 1 aliphatic heterocycles. The third-order valence-corrected chi connectivity index (χ3v) is 3.42. The van der Waals surface area contributed by atoms with E-state index < -0.39 is 0 Å². The van der Waals surface area contributed by atoms with E-state index >= 15 is 0 Å². The highest BCUT2D eigenvalue weighted by Crippen LogP contribution is 2.28. The molecule has 94 valence electrons. The number of oxazole rings is 1. The Labute approximate surface area is 102 Å². The number of amides is 1. The molecule has 0 aromatic carbocycles. The van der Waals surface area contributed by atoms with Crippen molar-refractivity contribution >= 4 is 5.91 Å². The van der Waals surface area contributed by atoms with Crippen LogP contribution in [0.4, 0.5) is 0 Å². The Balaban J connectivity index is 2.08. The van der Waals surface area contributed by atoms with Gasteiger partial charge in [-0.05, 0) is 6.42 Å². The molecule has 4 heteroatoms. The molecule has 0 fully saturated rings. The Morgan fingerprint density at radius 1 is 1.59 bits per heavy atom. The zero-order valence-electron chi connectivity index (χ0n) is 10.8. The minimum Gasteiger partial charge on any atom is -0.448 e. The van der Waals surface area contributed by atoms with Crippen molar-refractivity contribution in [3.8, 4) is 0 Å². The van der Waals surface area contributed by atoms with Gasteiger partial charge in [-0.25, -0.2) is 4.98 Å². The molecule has 0 atom stereocenters. The minimum absolute atomic E-state index is 0.230. The van der Waals surface area contributed by atoms with Crippen molar-refractivity contribution in [2.24, 2.45) is 5.41 Å². The maximum atomic E-state index is 12.4. The lowest BCUT2D eigenvalue weighted by atomic mass is 9.86. The van der Waals surface area contributed by atoms with E-state index in [1.54, 1.807) is 0 Å². The zero-order valence-corrected chi connectivity index (χ0v) is 10.8. The van der Waals surface area contributed by atoms with E-state index in [0.717, 1.165) is 37.3 Å². The van der Waals surface area contributed by atoms with Crippen molar-refractivity contribution in [2.75, 3.05) is 6.54 Å². The molecule has 0 bridgehead atoms. The molecule has 2 rings (SSSR count). The minimum atomic E-state index is -0.268. The van der Waals surface area contributed by atoms with Crippen molar-refractivity contribution in [3.63, 3.8) is 0 Å². The van der Waals surface area contributed by atoms with Crippen LogP contribution in [0.5, 0.6) is 0 Å². The molecule has 1 aromatic heterocycles. The topological polar surface area (TPSA) is 46.3 Å². The van der Waals surface area contributed by atoms with Gasteiger partial charge in [0.1, 0.15) is 11.5 Å². The molecule has 0 unspecified atom stereocenters. The maximum Gasteiger partial charge on any atom is 0.228 e. The van der Waals surface area contributed by atoms with Crippen molar-refractivity contribution in [1.29, 1.82) is 0 Å². The maximum absolute atomic E-state index is 12.4. The van der Waals surface area contributed by atoms with Crippen LogP contribution in [-0.4, -0.2) is 22.3 Å². The summed E-state index contributed by atoms with van der Waals surface area (Å²) in [4.78, 5) is 18.5. The second kappa shape index (κ2) is 4.51. The van der Waals surface area contributed by atoms with Crippen LogP contribution >= 0.6 is 0 Å². The zero-order chi connectivity index (χ0) is 12.5. The summed E-state index contributed by atoms with van der Waals surface area (Å²) in [7, 11) is 0. The molecule has 17 heavy (non-hydrogen) atoms. The van der Waals surface area contributed by atoms with Crippen LogP contribution in [0.15, 0.2) is 10.8 Å². The van der Waals surface area contributed by atoms with E-state index in [2.05, 4.69) is 11.9 Å². The number of fused-ring (bicyclic) bond motifs is 1. The number of nitrogens with zero attached hydrogens (tertiary/aromatic N) is 2. The number of aromatic nitrogens is 1. The van der Waals surface area contributed by atoms with Gasteiger partial charge in [-0.15, -0.1) is 0 Å². The third-order valence-electron chi connectivity index (χ3n) is 3.42. The first-order valence-electron chi connectivity index (χ1n) is 6.25. The van der Waals surface area contributed by atoms with E-state index in [1.807, 2.05) is 18.7 Å². The van der Waals surface area contributed by atoms with E-state index in [0.29, 0.717) is 6.54 Å². The molecule has 1 aliphatic rings. The predicted octanol–water partition coefficient (Wildman–Crippen LogP) is 2.39. The van der Waals surface area contributed by atoms with Crippen LogP contribution in [-0.2, 0) is 17.8 Å². The van der Waals surface area contributed by atoms with Crippen LogP contribution < -0.4 is 0 Å². The van der Waals surface area contributed by atoms with Gasteiger partial charge >= 0.3 is 0 Å². The second-order valence-electron chi connectivity index (χ2n) is 5.33. The monoisotopic (exact) mass is 236 g/mol. The Morgan fingerprint density at radius 2 is 2.35 bits per heavy atom. The standard InChI is InChI=1S/C13H20N2O2/c1-4-6-13(2,3)12(16)15-7-5-11-10(8-15)14-9-17-11/h9H,4-8H2,1-3H3. The Hall–Kier alpha value is -1.32. The number of hydrogen-bond donors (Lipinski definition) is 0. The van der Waals surface area contributed by atoms with E-state index in [-0.39, 0.29) is 11.3 Å². The summed E-state index contributed by atoms with van der Waals surface area (Å²) in [5.41, 5.74) is 0.646. The molecular weight excluding hydrogens is 216 g/mol. The SMILES string of the molecule is CCCC(C)(C)C(=O)N1CCc2ocnc2C1. The molecule has 0 spiro atoms. The second-order valence-corrected chi connectivity index (χ2v) is 5.33. The molecule has 0 saturated carbocycles. The fourth-order valence-electron chi connectivity index (χ4n) is 2.46. The average Bonchev–Trinajstić information content (AvgIpc) is 2.74. The third kappa shape index (κ3) is 2.35. The van der Waals surface area contributed by atoms with Gasteiger partial charge in [-0.2, -0.15) is 0 Å². The lowest BCUT2D eigenvalue weighted by molar-refractivity contribution is -0.141. The molecule has 0 saturated heterocycles. The smallest absolute Gasteiger partial charge is 0.228 e. The van der Waals surface area contributed by atoms with Crippen molar-refractivity contribution in [3.05, 3.63) is 17.8 Å². The van der Waals surface area contributed by atoms with Gasteiger partial charge in [0.25, 0.3) is 0 Å². The molecule has 0 radical (unpaired) electrons. The highest BCUT2D eigenvalue weighted by molar-refractivity contribution is 5.82. The number of carbonyl (C=O) groups is 1. The lowest BCUT2D eigenvalue weighted by Gasteiger charge is -2.33. The average molecular weight is 236 g/mol. The largest absolute Gasteiger partial charge is 0.448 e. The highest BCUT2D eigenvalue weighted by atomic mass is 16.3.